The fourth-order valence-electron chi connectivity index (χ4n) is 2.26. The number of pyridine rings is 1. The fraction of sp³-hybridized carbons (Fsp3) is 0. The molecule has 0 radical (unpaired) electrons. The minimum Gasteiger partial charge on any atom is -0.459 e. The van der Waals surface area contributed by atoms with E-state index in [-0.39, 0.29) is 28.4 Å². The van der Waals surface area contributed by atoms with Gasteiger partial charge >= 0.3 is 0 Å². The molecule has 0 spiro atoms. The van der Waals surface area contributed by atoms with E-state index in [1.807, 2.05) is 6.07 Å². The number of benzene rings is 1. The van der Waals surface area contributed by atoms with Gasteiger partial charge in [-0.05, 0) is 42.0 Å². The van der Waals surface area contributed by atoms with E-state index in [0.717, 1.165) is 11.6 Å². The molecule has 0 saturated carbocycles. The van der Waals surface area contributed by atoms with Crippen molar-refractivity contribution < 1.29 is 13.6 Å². The molecule has 0 aliphatic carbocycles. The number of nitrogens with two attached hydrogens (primary N) is 1. The summed E-state index contributed by atoms with van der Waals surface area (Å²) in [4.78, 5) is 16.0. The summed E-state index contributed by atoms with van der Waals surface area (Å²) in [6, 6.07) is 9.18. The Balaban J connectivity index is 1.84. The summed E-state index contributed by atoms with van der Waals surface area (Å²) in [5.74, 6) is -1.16. The van der Waals surface area contributed by atoms with Crippen molar-refractivity contribution in [3.8, 4) is 0 Å². The van der Waals surface area contributed by atoms with E-state index in [0.29, 0.717) is 0 Å². The van der Waals surface area contributed by atoms with Crippen LogP contribution in [0.4, 0.5) is 15.8 Å². The molecule has 1 aromatic carbocycles. The van der Waals surface area contributed by atoms with Crippen molar-refractivity contribution in [1.82, 2.24) is 4.98 Å². The number of amides is 1. The number of hydrogen-bond donors (Lipinski definition) is 3. The van der Waals surface area contributed by atoms with Gasteiger partial charge in [0.1, 0.15) is 5.82 Å². The maximum Gasteiger partial charge on any atom is 0.291 e. The van der Waals surface area contributed by atoms with Crippen molar-refractivity contribution in [2.75, 3.05) is 11.1 Å². The molecular formula is C19H15FN4O2. The number of carbonyl (C=O) groups is 1. The maximum atomic E-state index is 14.1. The Morgan fingerprint density at radius 1 is 1.31 bits per heavy atom. The number of hydrogen-bond acceptors (Lipinski definition) is 5. The van der Waals surface area contributed by atoms with Crippen LogP contribution in [0.2, 0.25) is 0 Å². The number of nitrogens with zero attached hydrogens (tertiary/aromatic N) is 1. The number of carbonyl (C=O) groups excluding carboxylic acids is 1. The zero-order chi connectivity index (χ0) is 18.5. The van der Waals surface area contributed by atoms with Gasteiger partial charge in [0, 0.05) is 23.6 Å². The predicted molar refractivity (Wildman–Crippen MR) is 97.6 cm³/mol. The Morgan fingerprint density at radius 2 is 2.15 bits per heavy atom. The van der Waals surface area contributed by atoms with Gasteiger partial charge in [-0.25, -0.2) is 4.39 Å². The van der Waals surface area contributed by atoms with Gasteiger partial charge < -0.3 is 20.9 Å². The topological polar surface area (TPSA) is 105 Å². The second-order valence-electron chi connectivity index (χ2n) is 5.38. The van der Waals surface area contributed by atoms with Crippen LogP contribution in [0.15, 0.2) is 65.5 Å². The zero-order valence-corrected chi connectivity index (χ0v) is 13.6. The molecule has 6 nitrogen and oxygen atoms in total. The smallest absolute Gasteiger partial charge is 0.291 e. The van der Waals surface area contributed by atoms with E-state index >= 15 is 0 Å². The average molecular weight is 350 g/mol. The van der Waals surface area contributed by atoms with E-state index in [4.69, 9.17) is 15.6 Å². The Kier molecular flexibility index (Phi) is 4.89. The van der Waals surface area contributed by atoms with Crippen molar-refractivity contribution in [2.24, 2.45) is 0 Å². The van der Waals surface area contributed by atoms with Crippen molar-refractivity contribution in [2.45, 2.75) is 0 Å². The fourth-order valence-corrected chi connectivity index (χ4v) is 2.26. The van der Waals surface area contributed by atoms with Crippen molar-refractivity contribution >= 4 is 29.1 Å². The molecule has 26 heavy (non-hydrogen) atoms. The normalized spacial score (nSPS) is 10.8. The second kappa shape index (κ2) is 7.43. The third kappa shape index (κ3) is 3.84. The van der Waals surface area contributed by atoms with E-state index in [1.165, 1.54) is 24.5 Å². The van der Waals surface area contributed by atoms with Crippen molar-refractivity contribution in [1.29, 1.82) is 5.41 Å². The highest BCUT2D eigenvalue weighted by molar-refractivity contribution is 6.13. The lowest BCUT2D eigenvalue weighted by Gasteiger charge is -2.10. The van der Waals surface area contributed by atoms with E-state index < -0.39 is 11.7 Å². The highest BCUT2D eigenvalue weighted by Gasteiger charge is 2.14. The lowest BCUT2D eigenvalue weighted by atomic mass is 10.0. The SMILES string of the molecule is N=C(/C=C/c1cccnc1)c1cc(NC(=O)c2ccco2)cc(F)c1N. The van der Waals surface area contributed by atoms with Gasteiger partial charge in [0.2, 0.25) is 0 Å². The first-order valence-electron chi connectivity index (χ1n) is 7.65. The van der Waals surface area contributed by atoms with Crippen LogP contribution in [-0.4, -0.2) is 16.6 Å². The third-order valence-corrected chi connectivity index (χ3v) is 3.55. The van der Waals surface area contributed by atoms with Crippen LogP contribution >= 0.6 is 0 Å². The van der Waals surface area contributed by atoms with Crippen LogP contribution in [0.1, 0.15) is 21.7 Å². The summed E-state index contributed by atoms with van der Waals surface area (Å²) < 4.78 is 19.1. The largest absolute Gasteiger partial charge is 0.459 e. The van der Waals surface area contributed by atoms with Crippen LogP contribution in [0.25, 0.3) is 6.08 Å². The quantitative estimate of drug-likeness (QED) is 0.481. The first-order chi connectivity index (χ1) is 12.5. The first kappa shape index (κ1) is 17.1. The van der Waals surface area contributed by atoms with Gasteiger partial charge in [0.05, 0.1) is 17.7 Å². The number of nitrogen functional groups attached to an aromatic ring is 1. The molecule has 3 aromatic rings. The number of nitrogens with one attached hydrogen (secondary N) is 2. The monoisotopic (exact) mass is 350 g/mol. The molecule has 3 rings (SSSR count). The summed E-state index contributed by atoms with van der Waals surface area (Å²) in [6.07, 6.45) is 7.79. The maximum absolute atomic E-state index is 14.1. The van der Waals surface area contributed by atoms with Crippen LogP contribution in [0.3, 0.4) is 0 Å². The first-order valence-corrected chi connectivity index (χ1v) is 7.65. The molecule has 7 heteroatoms. The molecule has 0 aliphatic rings. The summed E-state index contributed by atoms with van der Waals surface area (Å²) in [5, 5.41) is 10.7. The molecule has 0 atom stereocenters. The van der Waals surface area contributed by atoms with Gasteiger partial charge in [0.25, 0.3) is 5.91 Å². The molecule has 4 N–H and O–H groups in total. The Labute approximate surface area is 148 Å². The molecule has 0 bridgehead atoms. The minimum atomic E-state index is -0.725. The lowest BCUT2D eigenvalue weighted by molar-refractivity contribution is 0.0996. The van der Waals surface area contributed by atoms with Gasteiger partial charge in [-0.2, -0.15) is 0 Å². The van der Waals surface area contributed by atoms with E-state index in [9.17, 15) is 9.18 Å². The van der Waals surface area contributed by atoms with Crippen LogP contribution < -0.4 is 11.1 Å². The summed E-state index contributed by atoms with van der Waals surface area (Å²) in [5.41, 5.74) is 6.72. The standard InChI is InChI=1S/C19H15FN4O2/c20-15-10-13(24-19(25)17-4-2-8-26-17)9-14(18(15)22)16(21)6-5-12-3-1-7-23-11-12/h1-11,21H,22H2,(H,24,25)/b6-5+,21-16?. The molecule has 2 heterocycles. The highest BCUT2D eigenvalue weighted by atomic mass is 19.1. The van der Waals surface area contributed by atoms with Gasteiger partial charge in [0.15, 0.2) is 5.76 Å². The summed E-state index contributed by atoms with van der Waals surface area (Å²) in [7, 11) is 0. The Bertz CT molecular complexity index is 967. The highest BCUT2D eigenvalue weighted by Crippen LogP contribution is 2.24. The van der Waals surface area contributed by atoms with Gasteiger partial charge in [-0.3, -0.25) is 9.78 Å². The molecule has 1 amide bonds. The van der Waals surface area contributed by atoms with Crippen LogP contribution in [0.5, 0.6) is 0 Å². The van der Waals surface area contributed by atoms with Crippen LogP contribution in [-0.2, 0) is 0 Å². The zero-order valence-electron chi connectivity index (χ0n) is 13.6. The number of anilines is 2. The third-order valence-electron chi connectivity index (χ3n) is 3.55. The molecule has 0 fully saturated rings. The molecule has 0 aliphatic heterocycles. The number of furan rings is 1. The Hall–Kier alpha value is -3.74. The number of halogens is 1. The molecule has 130 valence electrons. The molecule has 0 saturated heterocycles. The van der Waals surface area contributed by atoms with Crippen molar-refractivity contribution in [3.05, 3.63) is 83.8 Å². The number of aromatic nitrogens is 1. The van der Waals surface area contributed by atoms with Gasteiger partial charge in [-0.15, -0.1) is 0 Å². The minimum absolute atomic E-state index is 0.000601. The predicted octanol–water partition coefficient (Wildman–Crippen LogP) is 3.73. The summed E-state index contributed by atoms with van der Waals surface area (Å²) in [6.45, 7) is 0. The molecule has 0 unspecified atom stereocenters. The number of rotatable bonds is 5. The Morgan fingerprint density at radius 3 is 2.85 bits per heavy atom. The number of allylic oxidation sites excluding steroid dienone is 1. The second-order valence-corrected chi connectivity index (χ2v) is 5.38. The van der Waals surface area contributed by atoms with E-state index in [1.54, 1.807) is 30.6 Å². The van der Waals surface area contributed by atoms with E-state index in [2.05, 4.69) is 10.3 Å². The molecule has 2 aromatic heterocycles. The van der Waals surface area contributed by atoms with Crippen molar-refractivity contribution in [3.63, 3.8) is 0 Å². The van der Waals surface area contributed by atoms with Gasteiger partial charge in [-0.1, -0.05) is 12.1 Å². The van der Waals surface area contributed by atoms with Crippen LogP contribution in [0, 0.1) is 11.2 Å². The summed E-state index contributed by atoms with van der Waals surface area (Å²) >= 11 is 0. The lowest BCUT2D eigenvalue weighted by Crippen LogP contribution is -2.13. The average Bonchev–Trinajstić information content (AvgIpc) is 3.18. The molecular weight excluding hydrogens is 335 g/mol.